The normalized spacial score (nSPS) is 25.5. The molecule has 1 rings (SSSR count). The van der Waals surface area contributed by atoms with Crippen LogP contribution in [0.1, 0.15) is 13.8 Å². The standard InChI is InChI=1S/C17H28N2O5/c1-11(2)19-13-9-12(3)24-17(15(13)18-7-8-20)16(23-6)14(22-5)10-21-4/h7,9,13-19H,1,10H2,2-6H3. The highest BCUT2D eigenvalue weighted by Crippen LogP contribution is 2.25. The molecule has 0 saturated carbocycles. The van der Waals surface area contributed by atoms with Crippen molar-refractivity contribution in [1.29, 1.82) is 0 Å². The summed E-state index contributed by atoms with van der Waals surface area (Å²) in [6.45, 7) is 7.98. The number of nitrogens with one attached hydrogen (secondary N) is 2. The highest BCUT2D eigenvalue weighted by molar-refractivity contribution is 5.44. The Morgan fingerprint density at radius 1 is 1.46 bits per heavy atom. The third-order valence-corrected chi connectivity index (χ3v) is 3.82. The molecule has 1 aliphatic rings. The van der Waals surface area contributed by atoms with Gasteiger partial charge in [0.25, 0.3) is 0 Å². The second kappa shape index (κ2) is 10.2. The Hall–Kier alpha value is -1.79. The van der Waals surface area contributed by atoms with Gasteiger partial charge in [-0.05, 0) is 19.9 Å². The first kappa shape index (κ1) is 20.3. The maximum Gasteiger partial charge on any atom is 0.149 e. The Kier molecular flexibility index (Phi) is 8.57. The summed E-state index contributed by atoms with van der Waals surface area (Å²) in [5.41, 5.74) is 0.806. The lowest BCUT2D eigenvalue weighted by Crippen LogP contribution is -2.61. The molecule has 5 unspecified atom stereocenters. The molecule has 0 fully saturated rings. The fraction of sp³-hybridized carbons (Fsp3) is 0.647. The van der Waals surface area contributed by atoms with Gasteiger partial charge >= 0.3 is 0 Å². The molecule has 0 bridgehead atoms. The van der Waals surface area contributed by atoms with E-state index in [-0.39, 0.29) is 18.2 Å². The molecule has 2 N–H and O–H groups in total. The van der Waals surface area contributed by atoms with Crippen molar-refractivity contribution in [3.8, 4) is 0 Å². The van der Waals surface area contributed by atoms with E-state index >= 15 is 0 Å². The molecule has 0 spiro atoms. The van der Waals surface area contributed by atoms with Crippen molar-refractivity contribution in [2.24, 2.45) is 0 Å². The largest absolute Gasteiger partial charge is 0.490 e. The zero-order chi connectivity index (χ0) is 18.1. The van der Waals surface area contributed by atoms with Crippen molar-refractivity contribution in [1.82, 2.24) is 10.6 Å². The van der Waals surface area contributed by atoms with Gasteiger partial charge in [-0.3, -0.25) is 0 Å². The van der Waals surface area contributed by atoms with Gasteiger partial charge < -0.3 is 29.6 Å². The zero-order valence-corrected chi connectivity index (χ0v) is 15.0. The number of hydrogen-bond acceptors (Lipinski definition) is 7. The summed E-state index contributed by atoms with van der Waals surface area (Å²) < 4.78 is 22.4. The van der Waals surface area contributed by atoms with Crippen LogP contribution in [0.3, 0.4) is 0 Å². The minimum absolute atomic E-state index is 0.136. The van der Waals surface area contributed by atoms with Crippen molar-refractivity contribution >= 4 is 5.94 Å². The molecule has 7 heteroatoms. The molecule has 1 aliphatic heterocycles. The van der Waals surface area contributed by atoms with E-state index in [9.17, 15) is 4.79 Å². The summed E-state index contributed by atoms with van der Waals surface area (Å²) in [5.74, 6) is 2.49. The van der Waals surface area contributed by atoms with Crippen LogP contribution in [-0.2, 0) is 23.7 Å². The molecule has 1 heterocycles. The zero-order valence-electron chi connectivity index (χ0n) is 15.0. The van der Waals surface area contributed by atoms with Gasteiger partial charge in [0, 0.05) is 27.0 Å². The van der Waals surface area contributed by atoms with E-state index in [4.69, 9.17) is 18.9 Å². The average molecular weight is 340 g/mol. The Balaban J connectivity index is 3.15. The van der Waals surface area contributed by atoms with Crippen LogP contribution < -0.4 is 10.6 Å². The van der Waals surface area contributed by atoms with Crippen LogP contribution in [0, 0.1) is 0 Å². The summed E-state index contributed by atoms with van der Waals surface area (Å²) in [7, 11) is 4.79. The smallest absolute Gasteiger partial charge is 0.149 e. The number of hydrogen-bond donors (Lipinski definition) is 2. The summed E-state index contributed by atoms with van der Waals surface area (Å²) in [6.07, 6.45) is 2.01. The average Bonchev–Trinajstić information content (AvgIpc) is 2.53. The van der Waals surface area contributed by atoms with Crippen molar-refractivity contribution in [3.63, 3.8) is 0 Å². The molecule has 0 aromatic rings. The van der Waals surface area contributed by atoms with Crippen LogP contribution in [0.5, 0.6) is 0 Å². The van der Waals surface area contributed by atoms with Gasteiger partial charge in [0.05, 0.1) is 30.6 Å². The molecule has 0 saturated heterocycles. The molecule has 24 heavy (non-hydrogen) atoms. The molecule has 0 aliphatic carbocycles. The molecule has 136 valence electrons. The van der Waals surface area contributed by atoms with Gasteiger partial charge in [0.15, 0.2) is 0 Å². The fourth-order valence-electron chi connectivity index (χ4n) is 2.86. The highest BCUT2D eigenvalue weighted by Gasteiger charge is 2.42. The van der Waals surface area contributed by atoms with E-state index in [2.05, 4.69) is 17.2 Å². The predicted octanol–water partition coefficient (Wildman–Crippen LogP) is 0.761. The summed E-state index contributed by atoms with van der Waals surface area (Å²) >= 11 is 0. The van der Waals surface area contributed by atoms with E-state index < -0.39 is 12.2 Å². The fourth-order valence-corrected chi connectivity index (χ4v) is 2.86. The van der Waals surface area contributed by atoms with Crippen molar-refractivity contribution in [3.05, 3.63) is 30.3 Å². The molecule has 0 radical (unpaired) electrons. The van der Waals surface area contributed by atoms with E-state index in [1.54, 1.807) is 27.3 Å². The molecule has 0 aromatic carbocycles. The third-order valence-electron chi connectivity index (χ3n) is 3.82. The van der Waals surface area contributed by atoms with Crippen molar-refractivity contribution in [2.75, 3.05) is 27.9 Å². The van der Waals surface area contributed by atoms with Crippen LogP contribution in [0.25, 0.3) is 0 Å². The molecular weight excluding hydrogens is 312 g/mol. The number of ether oxygens (including phenoxy) is 4. The van der Waals surface area contributed by atoms with Crippen LogP contribution in [-0.4, -0.2) is 64.3 Å². The molecule has 7 nitrogen and oxygen atoms in total. The van der Waals surface area contributed by atoms with E-state index in [0.717, 1.165) is 11.5 Å². The van der Waals surface area contributed by atoms with E-state index in [0.29, 0.717) is 6.61 Å². The summed E-state index contributed by atoms with van der Waals surface area (Å²) in [4.78, 5) is 10.7. The monoisotopic (exact) mass is 340 g/mol. The Bertz CT molecular complexity index is 487. The molecule has 5 atom stereocenters. The first-order valence-corrected chi connectivity index (χ1v) is 7.75. The highest BCUT2D eigenvalue weighted by atomic mass is 16.6. The van der Waals surface area contributed by atoms with Crippen molar-refractivity contribution in [2.45, 2.75) is 44.2 Å². The minimum atomic E-state index is -0.415. The quantitative estimate of drug-likeness (QED) is 0.569. The topological polar surface area (TPSA) is 78.1 Å². The first-order valence-electron chi connectivity index (χ1n) is 7.75. The number of carbonyl (C=O) groups excluding carboxylic acids is 1. The van der Waals surface area contributed by atoms with Gasteiger partial charge in [-0.2, -0.15) is 0 Å². The Morgan fingerprint density at radius 3 is 2.67 bits per heavy atom. The second-order valence-corrected chi connectivity index (χ2v) is 5.69. The van der Waals surface area contributed by atoms with Crippen LogP contribution in [0.2, 0.25) is 0 Å². The minimum Gasteiger partial charge on any atom is -0.490 e. The maximum absolute atomic E-state index is 10.7. The number of rotatable bonds is 10. The lowest BCUT2D eigenvalue weighted by molar-refractivity contribution is -0.133. The first-order chi connectivity index (χ1) is 11.5. The van der Waals surface area contributed by atoms with Gasteiger partial charge in [0.2, 0.25) is 0 Å². The second-order valence-electron chi connectivity index (χ2n) is 5.69. The van der Waals surface area contributed by atoms with Crippen molar-refractivity contribution < 1.29 is 23.7 Å². The van der Waals surface area contributed by atoms with Crippen LogP contribution in [0.15, 0.2) is 30.3 Å². The van der Waals surface area contributed by atoms with Gasteiger partial charge in [-0.15, -0.1) is 0 Å². The molecular formula is C17H28N2O5. The van der Waals surface area contributed by atoms with Gasteiger partial charge in [-0.25, -0.2) is 4.79 Å². The van der Waals surface area contributed by atoms with Gasteiger partial charge in [-0.1, -0.05) is 6.58 Å². The van der Waals surface area contributed by atoms with Crippen LogP contribution >= 0.6 is 0 Å². The summed E-state index contributed by atoms with van der Waals surface area (Å²) in [6, 6.07) is -0.421. The lowest BCUT2D eigenvalue weighted by Gasteiger charge is -2.42. The Labute approximate surface area is 143 Å². The SMILES string of the molecule is C=C(C)NC1C=C(C)OC(C(OC)C(COC)OC)C1NC=C=O. The van der Waals surface area contributed by atoms with E-state index in [1.807, 2.05) is 19.9 Å². The number of methoxy groups -OCH3 is 3. The number of allylic oxidation sites excluding steroid dienone is 2. The predicted molar refractivity (Wildman–Crippen MR) is 91.0 cm³/mol. The van der Waals surface area contributed by atoms with E-state index in [1.165, 1.54) is 6.20 Å². The maximum atomic E-state index is 10.7. The lowest BCUT2D eigenvalue weighted by atomic mass is 9.92. The molecule has 0 amide bonds. The molecule has 0 aromatic heterocycles. The third kappa shape index (κ3) is 5.39. The van der Waals surface area contributed by atoms with Crippen LogP contribution in [0.4, 0.5) is 0 Å². The summed E-state index contributed by atoms with van der Waals surface area (Å²) in [5, 5.41) is 6.31. The Morgan fingerprint density at radius 2 is 2.17 bits per heavy atom. The van der Waals surface area contributed by atoms with Gasteiger partial charge in [0.1, 0.15) is 24.3 Å².